The molecule has 86 valence electrons. The van der Waals surface area contributed by atoms with Gasteiger partial charge in [-0.1, -0.05) is 6.92 Å². The molecule has 2 fully saturated rings. The van der Waals surface area contributed by atoms with E-state index in [-0.39, 0.29) is 5.92 Å². The molecule has 0 aromatic rings. The smallest absolute Gasteiger partial charge is 0.227 e. The summed E-state index contributed by atoms with van der Waals surface area (Å²) in [5.74, 6) is 1.30. The number of hydrogen-bond acceptors (Lipinski definition) is 2. The summed E-state index contributed by atoms with van der Waals surface area (Å²) in [6.45, 7) is 7.33. The van der Waals surface area contributed by atoms with Crippen molar-refractivity contribution >= 4 is 5.91 Å². The van der Waals surface area contributed by atoms with Crippen LogP contribution in [-0.2, 0) is 4.79 Å². The quantitative estimate of drug-likeness (QED) is 0.706. The SMILES string of the molecule is CC1CCCN(C(=O)[C@H]2CCNC2)C1C. The maximum atomic E-state index is 12.2. The minimum atomic E-state index is 0.248. The van der Waals surface area contributed by atoms with Crippen LogP contribution in [0.4, 0.5) is 0 Å². The van der Waals surface area contributed by atoms with E-state index in [2.05, 4.69) is 24.1 Å². The average molecular weight is 210 g/mol. The van der Waals surface area contributed by atoms with E-state index in [0.29, 0.717) is 17.9 Å². The normalized spacial score (nSPS) is 36.9. The lowest BCUT2D eigenvalue weighted by Gasteiger charge is -2.39. The van der Waals surface area contributed by atoms with Crippen LogP contribution in [0.3, 0.4) is 0 Å². The van der Waals surface area contributed by atoms with E-state index in [4.69, 9.17) is 0 Å². The lowest BCUT2D eigenvalue weighted by Crippen LogP contribution is -2.48. The molecule has 0 aromatic heterocycles. The van der Waals surface area contributed by atoms with E-state index in [0.717, 1.165) is 26.1 Å². The van der Waals surface area contributed by atoms with Crippen LogP contribution < -0.4 is 5.32 Å². The third-order valence-corrected chi connectivity index (χ3v) is 4.07. The monoisotopic (exact) mass is 210 g/mol. The van der Waals surface area contributed by atoms with E-state index in [1.165, 1.54) is 12.8 Å². The highest BCUT2D eigenvalue weighted by atomic mass is 16.2. The number of amides is 1. The third-order valence-electron chi connectivity index (χ3n) is 4.07. The van der Waals surface area contributed by atoms with Gasteiger partial charge in [0.05, 0.1) is 5.92 Å². The predicted octanol–water partition coefficient (Wildman–Crippen LogP) is 1.24. The maximum Gasteiger partial charge on any atom is 0.227 e. The summed E-state index contributed by atoms with van der Waals surface area (Å²) >= 11 is 0. The second-order valence-corrected chi connectivity index (χ2v) is 5.08. The van der Waals surface area contributed by atoms with E-state index < -0.39 is 0 Å². The molecule has 0 spiro atoms. The van der Waals surface area contributed by atoms with Gasteiger partial charge < -0.3 is 10.2 Å². The minimum Gasteiger partial charge on any atom is -0.339 e. The Labute approximate surface area is 92.2 Å². The molecule has 2 aliphatic rings. The summed E-state index contributed by atoms with van der Waals surface area (Å²) in [6.07, 6.45) is 3.47. The lowest BCUT2D eigenvalue weighted by molar-refractivity contribution is -0.139. The number of piperidine rings is 1. The van der Waals surface area contributed by atoms with Crippen LogP contribution in [0.5, 0.6) is 0 Å². The highest BCUT2D eigenvalue weighted by Gasteiger charge is 2.33. The molecule has 2 aliphatic heterocycles. The molecular weight excluding hydrogens is 188 g/mol. The van der Waals surface area contributed by atoms with Crippen LogP contribution in [0.25, 0.3) is 0 Å². The van der Waals surface area contributed by atoms with Gasteiger partial charge in [-0.3, -0.25) is 4.79 Å². The Balaban J connectivity index is 1.98. The number of likely N-dealkylation sites (tertiary alicyclic amines) is 1. The van der Waals surface area contributed by atoms with Crippen molar-refractivity contribution in [2.45, 2.75) is 39.2 Å². The maximum absolute atomic E-state index is 12.2. The highest BCUT2D eigenvalue weighted by molar-refractivity contribution is 5.79. The van der Waals surface area contributed by atoms with Crippen molar-refractivity contribution in [2.24, 2.45) is 11.8 Å². The van der Waals surface area contributed by atoms with Gasteiger partial charge in [0.15, 0.2) is 0 Å². The molecule has 0 aromatic carbocycles. The minimum absolute atomic E-state index is 0.248. The first kappa shape index (κ1) is 10.9. The van der Waals surface area contributed by atoms with Gasteiger partial charge in [-0.15, -0.1) is 0 Å². The zero-order valence-electron chi connectivity index (χ0n) is 9.83. The molecule has 0 aliphatic carbocycles. The summed E-state index contributed by atoms with van der Waals surface area (Å²) in [5, 5.41) is 3.27. The molecule has 2 saturated heterocycles. The summed E-state index contributed by atoms with van der Waals surface area (Å²) < 4.78 is 0. The Bertz CT molecular complexity index is 236. The predicted molar refractivity (Wildman–Crippen MR) is 60.5 cm³/mol. The molecule has 3 heteroatoms. The van der Waals surface area contributed by atoms with Crippen molar-refractivity contribution < 1.29 is 4.79 Å². The van der Waals surface area contributed by atoms with Gasteiger partial charge in [0.25, 0.3) is 0 Å². The highest BCUT2D eigenvalue weighted by Crippen LogP contribution is 2.25. The molecule has 3 atom stereocenters. The summed E-state index contributed by atoms with van der Waals surface area (Å²) in [4.78, 5) is 14.4. The molecule has 0 saturated carbocycles. The first-order chi connectivity index (χ1) is 7.20. The molecule has 15 heavy (non-hydrogen) atoms. The fourth-order valence-electron chi connectivity index (χ4n) is 2.75. The van der Waals surface area contributed by atoms with Gasteiger partial charge in [0.1, 0.15) is 0 Å². The second kappa shape index (κ2) is 4.52. The first-order valence-electron chi connectivity index (χ1n) is 6.21. The van der Waals surface area contributed by atoms with Crippen LogP contribution in [0.1, 0.15) is 33.1 Å². The molecule has 1 N–H and O–H groups in total. The molecule has 1 amide bonds. The third kappa shape index (κ3) is 2.17. The van der Waals surface area contributed by atoms with Crippen LogP contribution in [0.2, 0.25) is 0 Å². The van der Waals surface area contributed by atoms with Crippen molar-refractivity contribution in [1.82, 2.24) is 10.2 Å². The molecule has 2 unspecified atom stereocenters. The van der Waals surface area contributed by atoms with Gasteiger partial charge in [-0.2, -0.15) is 0 Å². The van der Waals surface area contributed by atoms with E-state index in [1.807, 2.05) is 0 Å². The van der Waals surface area contributed by atoms with E-state index in [1.54, 1.807) is 0 Å². The number of nitrogens with zero attached hydrogens (tertiary/aromatic N) is 1. The zero-order chi connectivity index (χ0) is 10.8. The average Bonchev–Trinajstić information content (AvgIpc) is 2.74. The Morgan fingerprint density at radius 2 is 2.13 bits per heavy atom. The molecular formula is C12H22N2O. The first-order valence-corrected chi connectivity index (χ1v) is 6.21. The number of nitrogens with one attached hydrogen (secondary N) is 1. The molecule has 0 bridgehead atoms. The summed E-state index contributed by atoms with van der Waals surface area (Å²) in [5.41, 5.74) is 0. The van der Waals surface area contributed by atoms with Crippen molar-refractivity contribution in [1.29, 1.82) is 0 Å². The van der Waals surface area contributed by atoms with Crippen LogP contribution in [0, 0.1) is 11.8 Å². The fourth-order valence-corrected chi connectivity index (χ4v) is 2.75. The molecule has 2 rings (SSSR count). The zero-order valence-corrected chi connectivity index (χ0v) is 9.83. The van der Waals surface area contributed by atoms with Gasteiger partial charge in [-0.05, 0) is 38.6 Å². The van der Waals surface area contributed by atoms with Crippen molar-refractivity contribution in [3.8, 4) is 0 Å². The topological polar surface area (TPSA) is 32.3 Å². The summed E-state index contributed by atoms with van der Waals surface area (Å²) in [6, 6.07) is 0.437. The Hall–Kier alpha value is -0.570. The van der Waals surface area contributed by atoms with Gasteiger partial charge in [0.2, 0.25) is 5.91 Å². The Morgan fingerprint density at radius 1 is 1.33 bits per heavy atom. The van der Waals surface area contributed by atoms with Crippen LogP contribution in [-0.4, -0.2) is 36.5 Å². The van der Waals surface area contributed by atoms with Crippen molar-refractivity contribution in [3.63, 3.8) is 0 Å². The molecule has 2 heterocycles. The van der Waals surface area contributed by atoms with Gasteiger partial charge in [-0.25, -0.2) is 0 Å². The Kier molecular flexibility index (Phi) is 3.29. The van der Waals surface area contributed by atoms with Crippen molar-refractivity contribution in [3.05, 3.63) is 0 Å². The number of rotatable bonds is 1. The van der Waals surface area contributed by atoms with Crippen LogP contribution >= 0.6 is 0 Å². The van der Waals surface area contributed by atoms with Crippen LogP contribution in [0.15, 0.2) is 0 Å². The molecule has 3 nitrogen and oxygen atoms in total. The van der Waals surface area contributed by atoms with Gasteiger partial charge >= 0.3 is 0 Å². The molecule has 0 radical (unpaired) electrons. The summed E-state index contributed by atoms with van der Waals surface area (Å²) in [7, 11) is 0. The van der Waals surface area contributed by atoms with Gasteiger partial charge in [0, 0.05) is 19.1 Å². The number of carbonyl (C=O) groups is 1. The van der Waals surface area contributed by atoms with E-state index >= 15 is 0 Å². The largest absolute Gasteiger partial charge is 0.339 e. The lowest BCUT2D eigenvalue weighted by atomic mass is 9.91. The standard InChI is InChI=1S/C12H22N2O/c1-9-4-3-7-14(10(9)2)12(15)11-5-6-13-8-11/h9-11,13H,3-8H2,1-2H3/t9?,10?,11-/m0/s1. The fraction of sp³-hybridized carbons (Fsp3) is 0.917. The second-order valence-electron chi connectivity index (χ2n) is 5.08. The Morgan fingerprint density at radius 3 is 2.80 bits per heavy atom. The van der Waals surface area contributed by atoms with Crippen molar-refractivity contribution in [2.75, 3.05) is 19.6 Å². The number of carbonyl (C=O) groups excluding carboxylic acids is 1. The van der Waals surface area contributed by atoms with E-state index in [9.17, 15) is 4.79 Å². The number of hydrogen-bond donors (Lipinski definition) is 1.